The topological polar surface area (TPSA) is 82.6 Å². The third-order valence-corrected chi connectivity index (χ3v) is 4.04. The van der Waals surface area contributed by atoms with Gasteiger partial charge in [-0.05, 0) is 55.2 Å². The second kappa shape index (κ2) is 9.07. The molecular formula is C17H24FN3O3S. The van der Waals surface area contributed by atoms with Gasteiger partial charge in [0.2, 0.25) is 5.91 Å². The van der Waals surface area contributed by atoms with Crippen molar-refractivity contribution in [2.75, 3.05) is 11.9 Å². The number of carbonyl (C=O) groups excluding carboxylic acids is 1. The lowest BCUT2D eigenvalue weighted by atomic mass is 10.0. The first-order valence-electron chi connectivity index (χ1n) is 8.28. The van der Waals surface area contributed by atoms with Crippen LogP contribution in [0.2, 0.25) is 0 Å². The van der Waals surface area contributed by atoms with Gasteiger partial charge >= 0.3 is 0 Å². The van der Waals surface area contributed by atoms with Gasteiger partial charge in [0.15, 0.2) is 11.4 Å². The van der Waals surface area contributed by atoms with Crippen LogP contribution in [0.15, 0.2) is 24.3 Å². The van der Waals surface area contributed by atoms with Crippen molar-refractivity contribution in [3.8, 4) is 0 Å². The Morgan fingerprint density at radius 2 is 2.08 bits per heavy atom. The summed E-state index contributed by atoms with van der Waals surface area (Å²) in [5.74, 6) is -0.313. The summed E-state index contributed by atoms with van der Waals surface area (Å²) in [5.41, 5.74) is 0.627. The van der Waals surface area contributed by atoms with Gasteiger partial charge in [-0.3, -0.25) is 4.79 Å². The van der Waals surface area contributed by atoms with Gasteiger partial charge in [-0.2, -0.15) is 0 Å². The van der Waals surface area contributed by atoms with Crippen molar-refractivity contribution < 1.29 is 19.0 Å². The van der Waals surface area contributed by atoms with Gasteiger partial charge in [0.25, 0.3) is 0 Å². The molecule has 0 aliphatic carbocycles. The van der Waals surface area contributed by atoms with E-state index in [4.69, 9.17) is 17.0 Å². The lowest BCUT2D eigenvalue weighted by Gasteiger charge is -2.24. The predicted molar refractivity (Wildman–Crippen MR) is 97.5 cm³/mol. The van der Waals surface area contributed by atoms with E-state index in [2.05, 4.69) is 16.0 Å². The second-order valence-electron chi connectivity index (χ2n) is 6.45. The predicted octanol–water partition coefficient (Wildman–Crippen LogP) is 1.75. The Labute approximate surface area is 152 Å². The van der Waals surface area contributed by atoms with Gasteiger partial charge in [0.05, 0.1) is 12.6 Å². The molecule has 4 N–H and O–H groups in total. The lowest BCUT2D eigenvalue weighted by molar-refractivity contribution is -0.127. The van der Waals surface area contributed by atoms with Crippen molar-refractivity contribution in [2.45, 2.75) is 45.1 Å². The number of ether oxygens (including phenoxy) is 1. The van der Waals surface area contributed by atoms with Crippen LogP contribution in [0.3, 0.4) is 0 Å². The molecule has 1 fully saturated rings. The summed E-state index contributed by atoms with van der Waals surface area (Å²) in [6, 6.07) is 4.81. The monoisotopic (exact) mass is 369 g/mol. The number of benzene rings is 1. The summed E-state index contributed by atoms with van der Waals surface area (Å²) >= 11 is 5.25. The Morgan fingerprint density at radius 3 is 2.64 bits per heavy atom. The number of carbonyl (C=O) groups is 1. The summed E-state index contributed by atoms with van der Waals surface area (Å²) in [6.45, 7) is 4.43. The van der Waals surface area contributed by atoms with Crippen molar-refractivity contribution >= 4 is 28.9 Å². The first-order chi connectivity index (χ1) is 11.8. The number of halogens is 1. The molecule has 2 rings (SSSR count). The molecule has 3 atom stereocenters. The Morgan fingerprint density at radius 1 is 1.40 bits per heavy atom. The van der Waals surface area contributed by atoms with Crippen molar-refractivity contribution in [2.24, 2.45) is 5.92 Å². The van der Waals surface area contributed by atoms with Gasteiger partial charge in [0, 0.05) is 5.69 Å². The van der Waals surface area contributed by atoms with Gasteiger partial charge in [-0.25, -0.2) is 4.39 Å². The van der Waals surface area contributed by atoms with Crippen LogP contribution in [0.4, 0.5) is 10.1 Å². The van der Waals surface area contributed by atoms with Gasteiger partial charge in [-0.1, -0.05) is 13.8 Å². The number of nitrogens with one attached hydrogen (secondary N) is 3. The number of hydrogen-bond donors (Lipinski definition) is 4. The van der Waals surface area contributed by atoms with Crippen molar-refractivity contribution in [3.63, 3.8) is 0 Å². The molecule has 1 aliphatic heterocycles. The van der Waals surface area contributed by atoms with E-state index in [-0.39, 0.29) is 22.8 Å². The molecule has 1 saturated heterocycles. The highest BCUT2D eigenvalue weighted by Gasteiger charge is 2.30. The zero-order valence-corrected chi connectivity index (χ0v) is 15.1. The van der Waals surface area contributed by atoms with Gasteiger partial charge < -0.3 is 25.8 Å². The molecule has 1 heterocycles. The molecule has 0 radical (unpaired) electrons. The number of thiocarbonyl (C=S) groups is 1. The summed E-state index contributed by atoms with van der Waals surface area (Å²) in [7, 11) is 0. The van der Waals surface area contributed by atoms with Crippen molar-refractivity contribution in [1.29, 1.82) is 0 Å². The second-order valence-corrected chi connectivity index (χ2v) is 6.86. The highest BCUT2D eigenvalue weighted by Crippen LogP contribution is 2.13. The molecule has 0 bridgehead atoms. The van der Waals surface area contributed by atoms with Crippen molar-refractivity contribution in [1.82, 2.24) is 10.6 Å². The molecule has 1 aromatic rings. The van der Waals surface area contributed by atoms with Crippen LogP contribution in [-0.4, -0.2) is 41.1 Å². The van der Waals surface area contributed by atoms with E-state index >= 15 is 0 Å². The molecule has 25 heavy (non-hydrogen) atoms. The Balaban J connectivity index is 1.94. The number of rotatable bonds is 6. The van der Waals surface area contributed by atoms with Crippen LogP contribution in [0.1, 0.15) is 26.7 Å². The van der Waals surface area contributed by atoms with E-state index in [1.54, 1.807) is 12.1 Å². The molecule has 6 nitrogen and oxygen atoms in total. The Bertz CT molecular complexity index is 597. The van der Waals surface area contributed by atoms with Crippen LogP contribution in [0.5, 0.6) is 0 Å². The third-order valence-electron chi connectivity index (χ3n) is 3.82. The molecule has 1 amide bonds. The van der Waals surface area contributed by atoms with Crippen molar-refractivity contribution in [3.05, 3.63) is 30.1 Å². The largest absolute Gasteiger partial charge is 0.366 e. The van der Waals surface area contributed by atoms with Crippen LogP contribution < -0.4 is 16.0 Å². The molecule has 0 aromatic heterocycles. The molecule has 138 valence electrons. The number of aliphatic hydroxyl groups is 1. The van der Waals surface area contributed by atoms with E-state index in [1.807, 2.05) is 13.8 Å². The zero-order chi connectivity index (χ0) is 18.4. The normalized spacial score (nSPS) is 21.0. The van der Waals surface area contributed by atoms with E-state index in [1.165, 1.54) is 12.1 Å². The minimum atomic E-state index is -0.979. The van der Waals surface area contributed by atoms with Crippen LogP contribution in [0, 0.1) is 11.7 Å². The minimum absolute atomic E-state index is 0.244. The fraction of sp³-hybridized carbons (Fsp3) is 0.529. The highest BCUT2D eigenvalue weighted by molar-refractivity contribution is 7.80. The van der Waals surface area contributed by atoms with E-state index < -0.39 is 18.4 Å². The summed E-state index contributed by atoms with van der Waals surface area (Å²) in [4.78, 5) is 12.5. The maximum absolute atomic E-state index is 12.9. The molecule has 1 aliphatic rings. The smallest absolute Gasteiger partial charge is 0.242 e. The molecule has 1 unspecified atom stereocenters. The zero-order valence-electron chi connectivity index (χ0n) is 14.3. The summed E-state index contributed by atoms with van der Waals surface area (Å²) in [5, 5.41) is 18.7. The maximum Gasteiger partial charge on any atom is 0.242 e. The Hall–Kier alpha value is -1.77. The summed E-state index contributed by atoms with van der Waals surface area (Å²) < 4.78 is 18.0. The number of hydrogen-bond acceptors (Lipinski definition) is 4. The first-order valence-corrected chi connectivity index (χ1v) is 8.69. The standard InChI is InChI=1S/C17H24FN3O3S/c1-10(2)9-14(15(22)20-13-7-8-24-16(13)23)21-17(25)19-12-5-3-11(18)4-6-12/h3-6,10,13-14,16,23H,7-9H2,1-2H3,(H,20,22)(H2,19,21,25)/t13-,14-,16?/m0/s1. The van der Waals surface area contributed by atoms with E-state index in [9.17, 15) is 14.3 Å². The number of amides is 1. The SMILES string of the molecule is CC(C)C[C@H](NC(=S)Nc1ccc(F)cc1)C(=O)N[C@H]1CCOC1O. The number of anilines is 1. The average Bonchev–Trinajstić information content (AvgIpc) is 2.93. The van der Waals surface area contributed by atoms with Crippen LogP contribution >= 0.6 is 12.2 Å². The fourth-order valence-electron chi connectivity index (χ4n) is 2.56. The minimum Gasteiger partial charge on any atom is -0.366 e. The van der Waals surface area contributed by atoms with E-state index in [0.29, 0.717) is 25.1 Å². The molecule has 1 aromatic carbocycles. The number of aliphatic hydroxyl groups excluding tert-OH is 1. The highest BCUT2D eigenvalue weighted by atomic mass is 32.1. The third kappa shape index (κ3) is 6.22. The first kappa shape index (κ1) is 19.6. The van der Waals surface area contributed by atoms with Gasteiger partial charge in [-0.15, -0.1) is 0 Å². The van der Waals surface area contributed by atoms with Crippen LogP contribution in [0.25, 0.3) is 0 Å². The quantitative estimate of drug-likeness (QED) is 0.572. The average molecular weight is 369 g/mol. The Kier molecular flexibility index (Phi) is 7.10. The molecule has 0 spiro atoms. The summed E-state index contributed by atoms with van der Waals surface area (Å²) in [6.07, 6.45) is 0.160. The molecule has 8 heteroatoms. The fourth-order valence-corrected chi connectivity index (χ4v) is 2.82. The molecule has 0 saturated carbocycles. The molecular weight excluding hydrogens is 345 g/mol. The lowest BCUT2D eigenvalue weighted by Crippen LogP contribution is -2.52. The van der Waals surface area contributed by atoms with Crippen LogP contribution in [-0.2, 0) is 9.53 Å². The van der Waals surface area contributed by atoms with Gasteiger partial charge in [0.1, 0.15) is 11.9 Å². The van der Waals surface area contributed by atoms with E-state index in [0.717, 1.165) is 0 Å². The maximum atomic E-state index is 12.9.